The van der Waals surface area contributed by atoms with Crippen LogP contribution in [0, 0.1) is 5.41 Å². The van der Waals surface area contributed by atoms with Gasteiger partial charge in [0.1, 0.15) is 16.6 Å². The SMILES string of the molecule is CCC(C)N(Cc1cccc(C(=N)NC(=S)c2ccc(OC)cc2)c1)C(=O)Nc1ccc(-c2ccccc2S(N)(=O)=O)cc1. The van der Waals surface area contributed by atoms with E-state index in [0.717, 1.165) is 23.3 Å². The summed E-state index contributed by atoms with van der Waals surface area (Å²) in [6.45, 7) is 4.32. The number of methoxy groups -OCH3 is 1. The van der Waals surface area contributed by atoms with Gasteiger partial charge in [0.15, 0.2) is 0 Å². The van der Waals surface area contributed by atoms with E-state index >= 15 is 0 Å². The summed E-state index contributed by atoms with van der Waals surface area (Å²) in [4.78, 5) is 15.7. The number of carbonyl (C=O) groups excluding carboxylic acids is 1. The molecule has 0 saturated heterocycles. The summed E-state index contributed by atoms with van der Waals surface area (Å²) in [5, 5.41) is 19.9. The van der Waals surface area contributed by atoms with Crippen LogP contribution in [0.3, 0.4) is 0 Å². The van der Waals surface area contributed by atoms with E-state index in [-0.39, 0.29) is 22.8 Å². The molecule has 4 rings (SSSR count). The number of amidine groups is 1. The van der Waals surface area contributed by atoms with E-state index in [1.165, 1.54) is 6.07 Å². The number of nitrogens with two attached hydrogens (primary N) is 1. The monoisotopic (exact) mass is 629 g/mol. The van der Waals surface area contributed by atoms with Crippen molar-refractivity contribution in [2.75, 3.05) is 12.4 Å². The summed E-state index contributed by atoms with van der Waals surface area (Å²) < 4.78 is 29.3. The number of nitrogens with zero attached hydrogens (tertiary/aromatic N) is 1. The van der Waals surface area contributed by atoms with Crippen molar-refractivity contribution >= 4 is 44.8 Å². The Bertz CT molecular complexity index is 1760. The first-order chi connectivity index (χ1) is 21.0. The number of rotatable bonds is 10. The van der Waals surface area contributed by atoms with Crippen molar-refractivity contribution in [2.24, 2.45) is 5.14 Å². The minimum Gasteiger partial charge on any atom is -0.497 e. The second-order valence-corrected chi connectivity index (χ2v) is 12.1. The number of sulfonamides is 1. The minimum atomic E-state index is -3.90. The zero-order valence-electron chi connectivity index (χ0n) is 24.7. The maximum atomic E-state index is 13.5. The average molecular weight is 630 g/mol. The standard InChI is InChI=1S/C33H35N5O4S2/c1-4-22(2)38(33(39)36-27-16-12-24(13-17-27)29-10-5-6-11-30(29)44(35,40)41)21-23-8-7-9-26(20-23)31(34)37-32(43)25-14-18-28(42-3)19-15-25/h5-20,22H,4,21H2,1-3H3,(H,36,39)(H2,34,37,43)(H2,35,40,41). The molecule has 2 amide bonds. The molecule has 228 valence electrons. The number of carbonyl (C=O) groups is 1. The Hall–Kier alpha value is -4.58. The van der Waals surface area contributed by atoms with Gasteiger partial charge in [-0.3, -0.25) is 5.41 Å². The lowest BCUT2D eigenvalue weighted by atomic mass is 10.1. The largest absolute Gasteiger partial charge is 0.497 e. The summed E-state index contributed by atoms with van der Waals surface area (Å²) in [5.41, 5.74) is 3.97. The quantitative estimate of drug-likeness (QED) is 0.0946. The molecule has 0 heterocycles. The van der Waals surface area contributed by atoms with E-state index in [0.29, 0.717) is 33.9 Å². The van der Waals surface area contributed by atoms with Gasteiger partial charge in [0, 0.05) is 35.0 Å². The van der Waals surface area contributed by atoms with Gasteiger partial charge in [-0.05, 0) is 73.0 Å². The number of nitrogens with one attached hydrogen (secondary N) is 3. The van der Waals surface area contributed by atoms with Crippen LogP contribution < -0.4 is 20.5 Å². The molecule has 1 atom stereocenters. The van der Waals surface area contributed by atoms with Crippen LogP contribution in [0.2, 0.25) is 0 Å². The Morgan fingerprint density at radius 1 is 0.977 bits per heavy atom. The minimum absolute atomic E-state index is 0.0350. The Morgan fingerprint density at radius 3 is 2.30 bits per heavy atom. The van der Waals surface area contributed by atoms with Crippen molar-refractivity contribution < 1.29 is 17.9 Å². The van der Waals surface area contributed by atoms with Crippen molar-refractivity contribution in [3.63, 3.8) is 0 Å². The zero-order chi connectivity index (χ0) is 31.9. The fourth-order valence-corrected chi connectivity index (χ4v) is 5.55. The number of thiocarbonyl (C=S) groups is 1. The van der Waals surface area contributed by atoms with Crippen molar-refractivity contribution in [3.8, 4) is 16.9 Å². The summed E-state index contributed by atoms with van der Waals surface area (Å²) >= 11 is 5.50. The maximum absolute atomic E-state index is 13.5. The van der Waals surface area contributed by atoms with E-state index in [2.05, 4.69) is 10.6 Å². The normalized spacial score (nSPS) is 11.7. The van der Waals surface area contributed by atoms with Gasteiger partial charge < -0.3 is 20.3 Å². The number of benzene rings is 4. The number of hydrogen-bond donors (Lipinski definition) is 4. The van der Waals surface area contributed by atoms with Crippen LogP contribution in [0.4, 0.5) is 10.5 Å². The first-order valence-electron chi connectivity index (χ1n) is 13.9. The third kappa shape index (κ3) is 8.07. The van der Waals surface area contributed by atoms with Crippen molar-refractivity contribution in [3.05, 3.63) is 114 Å². The predicted octanol–water partition coefficient (Wildman–Crippen LogP) is 6.13. The summed E-state index contributed by atoms with van der Waals surface area (Å²) in [6.07, 6.45) is 0.740. The Labute approximate surface area is 263 Å². The number of ether oxygens (including phenoxy) is 1. The maximum Gasteiger partial charge on any atom is 0.322 e. The zero-order valence-corrected chi connectivity index (χ0v) is 26.3. The van der Waals surface area contributed by atoms with Crippen LogP contribution in [0.25, 0.3) is 11.1 Å². The lowest BCUT2D eigenvalue weighted by molar-refractivity contribution is 0.187. The summed E-state index contributed by atoms with van der Waals surface area (Å²) in [5.74, 6) is 0.869. The van der Waals surface area contributed by atoms with E-state index in [1.54, 1.807) is 54.5 Å². The van der Waals surface area contributed by atoms with Gasteiger partial charge in [-0.2, -0.15) is 0 Å². The number of amides is 2. The fourth-order valence-electron chi connectivity index (χ4n) is 4.55. The van der Waals surface area contributed by atoms with Gasteiger partial charge in [-0.1, -0.05) is 67.7 Å². The molecule has 0 aliphatic rings. The fraction of sp³-hybridized carbons (Fsp3) is 0.182. The average Bonchev–Trinajstić information content (AvgIpc) is 3.03. The second-order valence-electron chi connectivity index (χ2n) is 10.2. The molecule has 0 aliphatic carbocycles. The van der Waals surface area contributed by atoms with Crippen LogP contribution in [-0.4, -0.2) is 43.3 Å². The highest BCUT2D eigenvalue weighted by molar-refractivity contribution is 7.89. The summed E-state index contributed by atoms with van der Waals surface area (Å²) in [7, 11) is -2.30. The smallest absolute Gasteiger partial charge is 0.322 e. The van der Waals surface area contributed by atoms with Gasteiger partial charge in [0.05, 0.1) is 12.0 Å². The molecule has 0 radical (unpaired) electrons. The van der Waals surface area contributed by atoms with Gasteiger partial charge in [-0.25, -0.2) is 18.4 Å². The molecular weight excluding hydrogens is 595 g/mol. The van der Waals surface area contributed by atoms with E-state index < -0.39 is 10.0 Å². The second kappa shape index (κ2) is 14.3. The Morgan fingerprint density at radius 2 is 1.66 bits per heavy atom. The number of anilines is 1. The number of hydrogen-bond acceptors (Lipinski definition) is 6. The van der Waals surface area contributed by atoms with Gasteiger partial charge >= 0.3 is 6.03 Å². The first kappa shape index (κ1) is 32.3. The topological polar surface area (TPSA) is 138 Å². The molecule has 11 heteroatoms. The van der Waals surface area contributed by atoms with Gasteiger partial charge in [0.2, 0.25) is 10.0 Å². The highest BCUT2D eigenvalue weighted by Gasteiger charge is 2.21. The first-order valence-corrected chi connectivity index (χ1v) is 15.9. The molecule has 0 bridgehead atoms. The van der Waals surface area contributed by atoms with Crippen molar-refractivity contribution in [1.29, 1.82) is 5.41 Å². The molecule has 0 fully saturated rings. The predicted molar refractivity (Wildman–Crippen MR) is 179 cm³/mol. The third-order valence-electron chi connectivity index (χ3n) is 7.18. The highest BCUT2D eigenvalue weighted by atomic mass is 32.2. The van der Waals surface area contributed by atoms with Crippen LogP contribution in [-0.2, 0) is 16.6 Å². The van der Waals surface area contributed by atoms with Crippen LogP contribution >= 0.6 is 12.2 Å². The highest BCUT2D eigenvalue weighted by Crippen LogP contribution is 2.28. The molecule has 0 saturated carbocycles. The van der Waals surface area contributed by atoms with Crippen LogP contribution in [0.1, 0.15) is 37.0 Å². The molecule has 5 N–H and O–H groups in total. The molecular formula is C33H35N5O4S2. The van der Waals surface area contributed by atoms with Crippen molar-refractivity contribution in [1.82, 2.24) is 10.2 Å². The van der Waals surface area contributed by atoms with Crippen molar-refractivity contribution in [2.45, 2.75) is 37.8 Å². The molecule has 1 unspecified atom stereocenters. The molecule has 44 heavy (non-hydrogen) atoms. The van der Waals surface area contributed by atoms with E-state index in [9.17, 15) is 13.2 Å². The Kier molecular flexibility index (Phi) is 10.5. The number of primary sulfonamides is 1. The van der Waals surface area contributed by atoms with Crippen LogP contribution in [0.5, 0.6) is 5.75 Å². The van der Waals surface area contributed by atoms with Gasteiger partial charge in [0.25, 0.3) is 0 Å². The molecule has 4 aromatic rings. The lowest BCUT2D eigenvalue weighted by Crippen LogP contribution is -2.40. The molecule has 0 spiro atoms. The Balaban J connectivity index is 1.46. The number of urea groups is 1. The summed E-state index contributed by atoms with van der Waals surface area (Å²) in [6, 6.07) is 27.8. The lowest BCUT2D eigenvalue weighted by Gasteiger charge is -2.29. The molecule has 4 aromatic carbocycles. The van der Waals surface area contributed by atoms with E-state index in [4.69, 9.17) is 27.5 Å². The molecule has 0 aliphatic heterocycles. The van der Waals surface area contributed by atoms with Crippen LogP contribution in [0.15, 0.2) is 102 Å². The molecule has 9 nitrogen and oxygen atoms in total. The molecule has 0 aromatic heterocycles. The third-order valence-corrected chi connectivity index (χ3v) is 8.49. The van der Waals surface area contributed by atoms with Gasteiger partial charge in [-0.15, -0.1) is 0 Å². The van der Waals surface area contributed by atoms with E-state index in [1.807, 2.05) is 62.4 Å².